The van der Waals surface area contributed by atoms with Gasteiger partial charge in [-0.2, -0.15) is 0 Å². The highest BCUT2D eigenvalue weighted by Gasteiger charge is 2.28. The van der Waals surface area contributed by atoms with Gasteiger partial charge in [-0.3, -0.25) is 0 Å². The minimum absolute atomic E-state index is 0.149. The number of hydrogen-bond acceptors (Lipinski definition) is 2. The van der Waals surface area contributed by atoms with E-state index < -0.39 is 0 Å². The van der Waals surface area contributed by atoms with Gasteiger partial charge < -0.3 is 9.47 Å². The Morgan fingerprint density at radius 2 is 1.59 bits per heavy atom. The van der Waals surface area contributed by atoms with Crippen LogP contribution in [0.2, 0.25) is 0 Å². The van der Waals surface area contributed by atoms with E-state index in [0.717, 1.165) is 13.2 Å². The van der Waals surface area contributed by atoms with E-state index in [2.05, 4.69) is 32.0 Å². The lowest BCUT2D eigenvalue weighted by atomic mass is 9.81. The van der Waals surface area contributed by atoms with Gasteiger partial charge >= 0.3 is 0 Å². The van der Waals surface area contributed by atoms with E-state index in [4.69, 9.17) is 9.47 Å². The number of benzene rings is 1. The first-order valence-corrected chi connectivity index (χ1v) is 11.7. The zero-order valence-electron chi connectivity index (χ0n) is 17.7. The fourth-order valence-electron chi connectivity index (χ4n) is 4.71. The van der Waals surface area contributed by atoms with Crippen molar-refractivity contribution >= 4 is 0 Å². The molecule has 2 aliphatic rings. The van der Waals surface area contributed by atoms with Crippen molar-refractivity contribution in [2.75, 3.05) is 13.2 Å². The van der Waals surface area contributed by atoms with Gasteiger partial charge in [-0.25, -0.2) is 0 Å². The predicted octanol–water partition coefficient (Wildman–Crippen LogP) is 7.32. The third kappa shape index (κ3) is 6.06. The molecule has 0 atom stereocenters. The molecule has 1 saturated carbocycles. The molecular formula is C25H40O2. The Kier molecular flexibility index (Phi) is 8.67. The maximum Gasteiger partial charge on any atom is 0.184 e. The molecule has 0 bridgehead atoms. The molecule has 0 radical (unpaired) electrons. The van der Waals surface area contributed by atoms with Crippen LogP contribution in [0, 0.1) is 5.92 Å². The van der Waals surface area contributed by atoms with Crippen molar-refractivity contribution in [3.05, 3.63) is 34.9 Å². The van der Waals surface area contributed by atoms with Gasteiger partial charge in [0.05, 0.1) is 13.2 Å². The van der Waals surface area contributed by atoms with E-state index in [1.165, 1.54) is 93.7 Å². The van der Waals surface area contributed by atoms with Crippen molar-refractivity contribution in [3.8, 4) is 0 Å². The number of aryl methyl sites for hydroxylation is 1. The Morgan fingerprint density at radius 3 is 2.30 bits per heavy atom. The zero-order valence-corrected chi connectivity index (χ0v) is 17.7. The molecule has 0 unspecified atom stereocenters. The molecule has 2 fully saturated rings. The Hall–Kier alpha value is -0.860. The second-order valence-electron chi connectivity index (χ2n) is 8.76. The number of rotatable bonds is 9. The number of ether oxygens (including phenoxy) is 2. The van der Waals surface area contributed by atoms with Crippen LogP contribution in [-0.2, 0) is 15.9 Å². The van der Waals surface area contributed by atoms with E-state index in [0.29, 0.717) is 11.8 Å². The number of hydrogen-bond donors (Lipinski definition) is 0. The van der Waals surface area contributed by atoms with E-state index in [1.54, 1.807) is 0 Å². The Labute approximate surface area is 167 Å². The average molecular weight is 373 g/mol. The van der Waals surface area contributed by atoms with Crippen molar-refractivity contribution in [3.63, 3.8) is 0 Å². The second kappa shape index (κ2) is 11.2. The topological polar surface area (TPSA) is 18.5 Å². The van der Waals surface area contributed by atoms with Gasteiger partial charge in [-0.05, 0) is 49.1 Å². The summed E-state index contributed by atoms with van der Waals surface area (Å²) in [7, 11) is 0. The van der Waals surface area contributed by atoms with Crippen molar-refractivity contribution in [2.45, 2.75) is 103 Å². The monoisotopic (exact) mass is 372 g/mol. The van der Waals surface area contributed by atoms with Crippen LogP contribution in [0.1, 0.15) is 113 Å². The van der Waals surface area contributed by atoms with Crippen molar-refractivity contribution in [1.29, 1.82) is 0 Å². The normalized spacial score (nSPS) is 24.2. The maximum absolute atomic E-state index is 6.24. The first-order chi connectivity index (χ1) is 13.3. The van der Waals surface area contributed by atoms with Gasteiger partial charge in [0.2, 0.25) is 0 Å². The molecule has 1 aliphatic heterocycles. The number of unbranched alkanes of at least 4 members (excludes halogenated alkanes) is 3. The Balaban J connectivity index is 1.68. The molecule has 2 heteroatoms. The molecular weight excluding hydrogens is 332 g/mol. The lowest BCUT2D eigenvalue weighted by Crippen LogP contribution is -2.28. The van der Waals surface area contributed by atoms with Crippen LogP contribution in [0.25, 0.3) is 0 Å². The lowest BCUT2D eigenvalue weighted by molar-refractivity contribution is -0.206. The van der Waals surface area contributed by atoms with Gasteiger partial charge in [0, 0.05) is 11.5 Å². The molecule has 0 aromatic heterocycles. The summed E-state index contributed by atoms with van der Waals surface area (Å²) in [5, 5.41) is 0. The van der Waals surface area contributed by atoms with Crippen LogP contribution in [0.3, 0.4) is 0 Å². The van der Waals surface area contributed by atoms with Crippen LogP contribution < -0.4 is 0 Å². The second-order valence-corrected chi connectivity index (χ2v) is 8.76. The highest BCUT2D eigenvalue weighted by Crippen LogP contribution is 2.39. The van der Waals surface area contributed by atoms with Gasteiger partial charge in [0.15, 0.2) is 6.29 Å². The fourth-order valence-corrected chi connectivity index (χ4v) is 4.71. The molecule has 0 amide bonds. The SMILES string of the molecule is CCCCCC1COC(c2ccc(CCCC)cc2C2CCCCC2)OC1. The largest absolute Gasteiger partial charge is 0.348 e. The summed E-state index contributed by atoms with van der Waals surface area (Å²) in [4.78, 5) is 0. The third-order valence-electron chi connectivity index (χ3n) is 6.45. The molecule has 1 aromatic rings. The summed E-state index contributed by atoms with van der Waals surface area (Å²) in [5.74, 6) is 1.28. The smallest absolute Gasteiger partial charge is 0.184 e. The Morgan fingerprint density at radius 1 is 0.852 bits per heavy atom. The zero-order chi connectivity index (χ0) is 18.9. The van der Waals surface area contributed by atoms with Crippen LogP contribution in [0.5, 0.6) is 0 Å². The van der Waals surface area contributed by atoms with E-state index in [-0.39, 0.29) is 6.29 Å². The predicted molar refractivity (Wildman–Crippen MR) is 113 cm³/mol. The van der Waals surface area contributed by atoms with Crippen LogP contribution >= 0.6 is 0 Å². The summed E-state index contributed by atoms with van der Waals surface area (Å²) in [6, 6.07) is 7.12. The molecule has 1 saturated heterocycles. The minimum Gasteiger partial charge on any atom is -0.348 e. The van der Waals surface area contributed by atoms with Crippen molar-refractivity contribution < 1.29 is 9.47 Å². The van der Waals surface area contributed by atoms with Gasteiger partial charge in [0.1, 0.15) is 0 Å². The lowest BCUT2D eigenvalue weighted by Gasteiger charge is -2.33. The fraction of sp³-hybridized carbons (Fsp3) is 0.760. The standard InChI is InChI=1S/C25H40O2/c1-3-5-8-12-21-18-26-25(27-19-21)23-16-15-20(11-6-4-2)17-24(23)22-13-9-7-10-14-22/h15-17,21-22,25H,3-14,18-19H2,1-2H3. The third-order valence-corrected chi connectivity index (χ3v) is 6.45. The van der Waals surface area contributed by atoms with Crippen molar-refractivity contribution in [2.24, 2.45) is 5.92 Å². The highest BCUT2D eigenvalue weighted by atomic mass is 16.7. The summed E-state index contributed by atoms with van der Waals surface area (Å²) >= 11 is 0. The molecule has 1 aromatic carbocycles. The molecule has 1 heterocycles. The van der Waals surface area contributed by atoms with Gasteiger partial charge in [0.25, 0.3) is 0 Å². The van der Waals surface area contributed by atoms with Crippen LogP contribution in [0.15, 0.2) is 18.2 Å². The van der Waals surface area contributed by atoms with Crippen LogP contribution in [0.4, 0.5) is 0 Å². The van der Waals surface area contributed by atoms with Gasteiger partial charge in [-0.1, -0.05) is 77.0 Å². The van der Waals surface area contributed by atoms with E-state index in [1.807, 2.05) is 0 Å². The quantitative estimate of drug-likeness (QED) is 0.423. The maximum atomic E-state index is 6.24. The molecule has 3 rings (SSSR count). The first kappa shape index (κ1) is 20.9. The first-order valence-electron chi connectivity index (χ1n) is 11.7. The summed E-state index contributed by atoms with van der Waals surface area (Å²) in [6.07, 6.45) is 15.5. The van der Waals surface area contributed by atoms with E-state index >= 15 is 0 Å². The molecule has 152 valence electrons. The Bertz CT molecular complexity index is 539. The molecule has 1 aliphatic carbocycles. The highest BCUT2D eigenvalue weighted by molar-refractivity contribution is 5.36. The van der Waals surface area contributed by atoms with Crippen LogP contribution in [-0.4, -0.2) is 13.2 Å². The molecule has 2 nitrogen and oxygen atoms in total. The minimum atomic E-state index is -0.149. The molecule has 0 spiro atoms. The summed E-state index contributed by atoms with van der Waals surface area (Å²) in [6.45, 7) is 6.25. The molecule has 27 heavy (non-hydrogen) atoms. The van der Waals surface area contributed by atoms with Crippen molar-refractivity contribution in [1.82, 2.24) is 0 Å². The average Bonchev–Trinajstić information content (AvgIpc) is 2.73. The van der Waals surface area contributed by atoms with Gasteiger partial charge in [-0.15, -0.1) is 0 Å². The molecule has 0 N–H and O–H groups in total. The summed E-state index contributed by atoms with van der Waals surface area (Å²) < 4.78 is 12.5. The van der Waals surface area contributed by atoms with E-state index in [9.17, 15) is 0 Å². The summed E-state index contributed by atoms with van der Waals surface area (Å²) in [5.41, 5.74) is 4.33.